The van der Waals surface area contributed by atoms with Crippen LogP contribution in [0.4, 0.5) is 5.69 Å². The zero-order valence-electron chi connectivity index (χ0n) is 15.4. The number of aromatic amines is 1. The maximum absolute atomic E-state index is 12.5. The van der Waals surface area contributed by atoms with E-state index >= 15 is 0 Å². The van der Waals surface area contributed by atoms with E-state index in [1.165, 1.54) is 6.07 Å². The number of halogens is 1. The fourth-order valence-electron chi connectivity index (χ4n) is 3.04. The largest absolute Gasteiger partial charge is 0.489 e. The summed E-state index contributed by atoms with van der Waals surface area (Å²) < 4.78 is 11.3. The molecule has 29 heavy (non-hydrogen) atoms. The van der Waals surface area contributed by atoms with Crippen molar-refractivity contribution in [1.82, 2.24) is 10.2 Å². The summed E-state index contributed by atoms with van der Waals surface area (Å²) in [5, 5.41) is 9.70. The molecule has 0 atom stereocenters. The van der Waals surface area contributed by atoms with Crippen LogP contribution in [0.1, 0.15) is 12.0 Å². The Hall–Kier alpha value is -3.32. The van der Waals surface area contributed by atoms with Crippen LogP contribution in [0.2, 0.25) is 5.02 Å². The van der Waals surface area contributed by atoms with E-state index in [0.29, 0.717) is 41.1 Å². The molecular weight excluding hydrogens is 394 g/mol. The van der Waals surface area contributed by atoms with Crippen molar-refractivity contribution < 1.29 is 14.3 Å². The summed E-state index contributed by atoms with van der Waals surface area (Å²) in [5.74, 6) is 0.889. The average Bonchev–Trinajstić information content (AvgIpc) is 2.94. The second kappa shape index (κ2) is 8.36. The van der Waals surface area contributed by atoms with E-state index in [9.17, 15) is 9.59 Å². The number of hydrogen-bond donors (Lipinski definition) is 2. The molecule has 0 saturated carbocycles. The highest BCUT2D eigenvalue weighted by atomic mass is 35.5. The van der Waals surface area contributed by atoms with Crippen LogP contribution < -0.4 is 20.3 Å². The van der Waals surface area contributed by atoms with Crippen LogP contribution >= 0.6 is 11.6 Å². The van der Waals surface area contributed by atoms with Crippen LogP contribution in [-0.4, -0.2) is 29.3 Å². The topological polar surface area (TPSA) is 93.3 Å². The molecule has 7 nitrogen and oxygen atoms in total. The standard InChI is InChI=1S/C21H18ClN3O4/c22-16-9-13(10-18-21(16)29-8-2-7-28-18)11-20(27)23-15-4-1-3-14(12-15)17-5-6-19(26)25-24-17/h1,3-6,9-10,12H,2,7-8,11H2,(H,23,27)(H,25,26). The monoisotopic (exact) mass is 411 g/mol. The number of carbonyl (C=O) groups excluding carboxylic acids is 1. The molecule has 0 saturated heterocycles. The molecular formula is C21H18ClN3O4. The van der Waals surface area contributed by atoms with Crippen molar-refractivity contribution in [3.63, 3.8) is 0 Å². The summed E-state index contributed by atoms with van der Waals surface area (Å²) in [5.41, 5.74) is 2.47. The number of ether oxygens (including phenoxy) is 2. The average molecular weight is 412 g/mol. The molecule has 2 heterocycles. The molecule has 2 aromatic carbocycles. The zero-order valence-corrected chi connectivity index (χ0v) is 16.2. The Morgan fingerprint density at radius 2 is 2.00 bits per heavy atom. The highest BCUT2D eigenvalue weighted by molar-refractivity contribution is 6.32. The van der Waals surface area contributed by atoms with E-state index in [1.807, 2.05) is 12.1 Å². The second-order valence-electron chi connectivity index (χ2n) is 6.57. The molecule has 1 amide bonds. The number of anilines is 1. The summed E-state index contributed by atoms with van der Waals surface area (Å²) in [7, 11) is 0. The maximum Gasteiger partial charge on any atom is 0.264 e. The minimum atomic E-state index is -0.271. The van der Waals surface area contributed by atoms with Gasteiger partial charge in [-0.3, -0.25) is 9.59 Å². The first-order valence-corrected chi connectivity index (χ1v) is 9.50. The van der Waals surface area contributed by atoms with E-state index in [4.69, 9.17) is 21.1 Å². The van der Waals surface area contributed by atoms with Crippen LogP contribution in [0.3, 0.4) is 0 Å². The quantitative estimate of drug-likeness (QED) is 0.686. The highest BCUT2D eigenvalue weighted by Gasteiger charge is 2.17. The molecule has 1 aliphatic rings. The number of aromatic nitrogens is 2. The van der Waals surface area contributed by atoms with Gasteiger partial charge in [-0.05, 0) is 35.9 Å². The Labute approximate surface area is 171 Å². The molecule has 3 aromatic rings. The number of fused-ring (bicyclic) bond motifs is 1. The molecule has 0 fully saturated rings. The number of hydrogen-bond acceptors (Lipinski definition) is 5. The van der Waals surface area contributed by atoms with Crippen molar-refractivity contribution in [2.75, 3.05) is 18.5 Å². The normalized spacial score (nSPS) is 12.9. The molecule has 0 radical (unpaired) electrons. The van der Waals surface area contributed by atoms with Gasteiger partial charge >= 0.3 is 0 Å². The SMILES string of the molecule is O=C(Cc1cc(Cl)c2c(c1)OCCCO2)Nc1cccc(-c2ccc(=O)[nH]n2)c1. The number of rotatable bonds is 4. The van der Waals surface area contributed by atoms with Gasteiger partial charge in [-0.2, -0.15) is 5.10 Å². The van der Waals surface area contributed by atoms with Crippen LogP contribution in [0.15, 0.2) is 53.3 Å². The van der Waals surface area contributed by atoms with Gasteiger partial charge in [-0.25, -0.2) is 5.10 Å². The van der Waals surface area contributed by atoms with Crippen LogP contribution in [0.25, 0.3) is 11.3 Å². The third-order valence-electron chi connectivity index (χ3n) is 4.35. The van der Waals surface area contributed by atoms with Gasteiger partial charge in [-0.15, -0.1) is 0 Å². The van der Waals surface area contributed by atoms with Gasteiger partial charge in [0.05, 0.1) is 30.4 Å². The van der Waals surface area contributed by atoms with Crippen molar-refractivity contribution in [3.8, 4) is 22.8 Å². The number of benzene rings is 2. The summed E-state index contributed by atoms with van der Waals surface area (Å²) in [6.07, 6.45) is 0.915. The Kier molecular flexibility index (Phi) is 5.48. The maximum atomic E-state index is 12.5. The van der Waals surface area contributed by atoms with Gasteiger partial charge in [0.15, 0.2) is 11.5 Å². The molecule has 148 valence electrons. The van der Waals surface area contributed by atoms with Crippen molar-refractivity contribution in [3.05, 3.63) is 69.5 Å². The fraction of sp³-hybridized carbons (Fsp3) is 0.190. The number of nitrogens with one attached hydrogen (secondary N) is 2. The fourth-order valence-corrected chi connectivity index (χ4v) is 3.33. The Bertz CT molecular complexity index is 1090. The molecule has 8 heteroatoms. The van der Waals surface area contributed by atoms with Crippen LogP contribution in [0.5, 0.6) is 11.5 Å². The smallest absolute Gasteiger partial charge is 0.264 e. The van der Waals surface area contributed by atoms with Gasteiger partial charge < -0.3 is 14.8 Å². The number of carbonyl (C=O) groups is 1. The van der Waals surface area contributed by atoms with Gasteiger partial charge in [-0.1, -0.05) is 23.7 Å². The van der Waals surface area contributed by atoms with Gasteiger partial charge in [0.1, 0.15) is 0 Å². The lowest BCUT2D eigenvalue weighted by Crippen LogP contribution is -2.14. The van der Waals surface area contributed by atoms with Crippen molar-refractivity contribution in [2.45, 2.75) is 12.8 Å². The third-order valence-corrected chi connectivity index (χ3v) is 4.63. The van der Waals surface area contributed by atoms with Crippen molar-refractivity contribution in [2.24, 2.45) is 0 Å². The molecule has 1 aromatic heterocycles. The molecule has 0 spiro atoms. The zero-order chi connectivity index (χ0) is 20.2. The summed E-state index contributed by atoms with van der Waals surface area (Å²) >= 11 is 6.29. The predicted octanol–water partition coefficient (Wildman–Crippen LogP) is 3.43. The first-order valence-electron chi connectivity index (χ1n) is 9.12. The summed E-state index contributed by atoms with van der Waals surface area (Å²) in [6.45, 7) is 1.09. The summed E-state index contributed by atoms with van der Waals surface area (Å²) in [4.78, 5) is 23.7. The Morgan fingerprint density at radius 1 is 1.14 bits per heavy atom. The molecule has 0 bridgehead atoms. The minimum Gasteiger partial charge on any atom is -0.489 e. The molecule has 0 aliphatic carbocycles. The minimum absolute atomic E-state index is 0.136. The van der Waals surface area contributed by atoms with Gasteiger partial charge in [0.2, 0.25) is 5.91 Å². The lowest BCUT2D eigenvalue weighted by Gasteiger charge is -2.12. The second-order valence-corrected chi connectivity index (χ2v) is 6.97. The Balaban J connectivity index is 1.48. The highest BCUT2D eigenvalue weighted by Crippen LogP contribution is 2.38. The molecule has 4 rings (SSSR count). The van der Waals surface area contributed by atoms with Gasteiger partial charge in [0.25, 0.3) is 5.56 Å². The van der Waals surface area contributed by atoms with Crippen LogP contribution in [-0.2, 0) is 11.2 Å². The third kappa shape index (κ3) is 4.57. The van der Waals surface area contributed by atoms with Crippen molar-refractivity contribution in [1.29, 1.82) is 0 Å². The van der Waals surface area contributed by atoms with Crippen LogP contribution in [0, 0.1) is 0 Å². The Morgan fingerprint density at radius 3 is 2.83 bits per heavy atom. The van der Waals surface area contributed by atoms with E-state index < -0.39 is 0 Å². The van der Waals surface area contributed by atoms with E-state index in [2.05, 4.69) is 15.5 Å². The lowest BCUT2D eigenvalue weighted by atomic mass is 10.1. The molecule has 0 unspecified atom stereocenters. The first-order chi connectivity index (χ1) is 14.1. The predicted molar refractivity (Wildman–Crippen MR) is 110 cm³/mol. The lowest BCUT2D eigenvalue weighted by molar-refractivity contribution is -0.115. The first kappa shape index (κ1) is 19.0. The molecule has 2 N–H and O–H groups in total. The van der Waals surface area contributed by atoms with E-state index in [-0.39, 0.29) is 17.9 Å². The van der Waals surface area contributed by atoms with Gasteiger partial charge in [0, 0.05) is 23.7 Å². The van der Waals surface area contributed by atoms with Crippen molar-refractivity contribution >= 4 is 23.2 Å². The number of H-pyrrole nitrogens is 1. The van der Waals surface area contributed by atoms with E-state index in [1.54, 1.807) is 30.3 Å². The number of nitrogens with zero attached hydrogens (tertiary/aromatic N) is 1. The molecule has 1 aliphatic heterocycles. The van der Waals surface area contributed by atoms with E-state index in [0.717, 1.165) is 17.5 Å². The number of amides is 1. The summed E-state index contributed by atoms with van der Waals surface area (Å²) in [6, 6.07) is 13.8.